The monoisotopic (exact) mass is 355 g/mol. The Kier molecular flexibility index (Phi) is 5.26. The highest BCUT2D eigenvalue weighted by atomic mass is 16.6. The van der Waals surface area contributed by atoms with Crippen molar-refractivity contribution >= 4 is 23.2 Å². The molecular formula is C19H21N3O4. The molecule has 26 heavy (non-hydrogen) atoms. The lowest BCUT2D eigenvalue weighted by atomic mass is 10.2. The Hall–Kier alpha value is -3.22. The molecule has 2 aromatic carbocycles. The maximum Gasteiger partial charge on any atom is 0.313 e. The van der Waals surface area contributed by atoms with Gasteiger partial charge in [-0.2, -0.15) is 0 Å². The molecule has 2 N–H and O–H groups in total. The number of ether oxygens (including phenoxy) is 2. The van der Waals surface area contributed by atoms with Crippen LogP contribution in [-0.2, 0) is 9.59 Å². The summed E-state index contributed by atoms with van der Waals surface area (Å²) in [6.07, 6.45) is -0.348. The minimum absolute atomic E-state index is 0.179. The molecule has 0 radical (unpaired) electrons. The van der Waals surface area contributed by atoms with Gasteiger partial charge in [-0.05, 0) is 30.3 Å². The van der Waals surface area contributed by atoms with Gasteiger partial charge in [-0.15, -0.1) is 0 Å². The zero-order valence-corrected chi connectivity index (χ0v) is 14.7. The smallest absolute Gasteiger partial charge is 0.313 e. The number of hydrogen-bond donors (Lipinski definition) is 2. The number of amides is 2. The second-order valence-corrected chi connectivity index (χ2v) is 6.11. The summed E-state index contributed by atoms with van der Waals surface area (Å²) in [6, 6.07) is 14.6. The zero-order valence-electron chi connectivity index (χ0n) is 14.7. The summed E-state index contributed by atoms with van der Waals surface area (Å²) in [5, 5.41) is 5.16. The largest absolute Gasteiger partial charge is 0.486 e. The molecule has 1 unspecified atom stereocenters. The van der Waals surface area contributed by atoms with Gasteiger partial charge in [-0.25, -0.2) is 0 Å². The normalized spacial score (nSPS) is 15.1. The van der Waals surface area contributed by atoms with Gasteiger partial charge >= 0.3 is 11.8 Å². The van der Waals surface area contributed by atoms with E-state index < -0.39 is 11.8 Å². The summed E-state index contributed by atoms with van der Waals surface area (Å²) in [4.78, 5) is 26.0. The average Bonchev–Trinajstić information content (AvgIpc) is 2.66. The van der Waals surface area contributed by atoms with Crippen LogP contribution in [0.25, 0.3) is 0 Å². The number of fused-ring (bicyclic) bond motifs is 1. The van der Waals surface area contributed by atoms with Crippen LogP contribution in [-0.4, -0.2) is 45.2 Å². The van der Waals surface area contributed by atoms with Crippen LogP contribution < -0.4 is 25.0 Å². The van der Waals surface area contributed by atoms with E-state index >= 15 is 0 Å². The molecule has 0 fully saturated rings. The second kappa shape index (κ2) is 7.77. The fourth-order valence-corrected chi connectivity index (χ4v) is 2.50. The first kappa shape index (κ1) is 17.6. The van der Waals surface area contributed by atoms with Gasteiger partial charge in [0, 0.05) is 25.5 Å². The van der Waals surface area contributed by atoms with E-state index in [2.05, 4.69) is 10.6 Å². The van der Waals surface area contributed by atoms with Crippen LogP contribution in [0.4, 0.5) is 11.4 Å². The highest BCUT2D eigenvalue weighted by Crippen LogP contribution is 2.30. The van der Waals surface area contributed by atoms with Gasteiger partial charge in [0.15, 0.2) is 11.5 Å². The topological polar surface area (TPSA) is 79.9 Å². The zero-order chi connectivity index (χ0) is 18.5. The molecule has 7 heteroatoms. The van der Waals surface area contributed by atoms with E-state index in [1.54, 1.807) is 18.2 Å². The molecule has 0 spiro atoms. The number of rotatable bonds is 4. The van der Waals surface area contributed by atoms with Gasteiger partial charge in [-0.1, -0.05) is 18.2 Å². The summed E-state index contributed by atoms with van der Waals surface area (Å²) in [5.41, 5.74) is 1.48. The van der Waals surface area contributed by atoms with Crippen molar-refractivity contribution in [2.75, 3.05) is 37.5 Å². The SMILES string of the molecule is CN(C)c1cccc(NC(=O)C(=O)NCC2COc3ccccc3O2)c1. The molecule has 2 aromatic rings. The van der Waals surface area contributed by atoms with Crippen LogP contribution in [0.2, 0.25) is 0 Å². The number of anilines is 2. The molecular weight excluding hydrogens is 334 g/mol. The highest BCUT2D eigenvalue weighted by molar-refractivity contribution is 6.39. The van der Waals surface area contributed by atoms with Gasteiger partial charge in [0.1, 0.15) is 12.7 Å². The van der Waals surface area contributed by atoms with Gasteiger partial charge in [0.25, 0.3) is 0 Å². The lowest BCUT2D eigenvalue weighted by molar-refractivity contribution is -0.136. The van der Waals surface area contributed by atoms with Crippen molar-refractivity contribution in [1.29, 1.82) is 0 Å². The molecule has 0 bridgehead atoms. The van der Waals surface area contributed by atoms with E-state index in [0.29, 0.717) is 23.8 Å². The molecule has 1 heterocycles. The summed E-state index contributed by atoms with van der Waals surface area (Å²) in [5.74, 6) is -0.141. The van der Waals surface area contributed by atoms with E-state index in [4.69, 9.17) is 9.47 Å². The predicted molar refractivity (Wildman–Crippen MR) is 98.8 cm³/mol. The van der Waals surface area contributed by atoms with Crippen molar-refractivity contribution < 1.29 is 19.1 Å². The van der Waals surface area contributed by atoms with Crippen molar-refractivity contribution in [3.05, 3.63) is 48.5 Å². The quantitative estimate of drug-likeness (QED) is 0.815. The van der Waals surface area contributed by atoms with Crippen molar-refractivity contribution in [1.82, 2.24) is 5.32 Å². The molecule has 1 aliphatic rings. The second-order valence-electron chi connectivity index (χ2n) is 6.11. The van der Waals surface area contributed by atoms with Crippen molar-refractivity contribution in [2.45, 2.75) is 6.10 Å². The van der Waals surface area contributed by atoms with Crippen LogP contribution in [0.15, 0.2) is 48.5 Å². The minimum atomic E-state index is -0.724. The van der Waals surface area contributed by atoms with Crippen molar-refractivity contribution in [3.63, 3.8) is 0 Å². The number of nitrogens with one attached hydrogen (secondary N) is 2. The first-order chi connectivity index (χ1) is 12.5. The molecule has 136 valence electrons. The van der Waals surface area contributed by atoms with Crippen LogP contribution >= 0.6 is 0 Å². The maximum atomic E-state index is 12.1. The molecule has 3 rings (SSSR count). The third-order valence-corrected chi connectivity index (χ3v) is 3.88. The molecule has 0 saturated carbocycles. The summed E-state index contributed by atoms with van der Waals surface area (Å²) in [7, 11) is 3.80. The third-order valence-electron chi connectivity index (χ3n) is 3.88. The molecule has 1 aliphatic heterocycles. The lowest BCUT2D eigenvalue weighted by Gasteiger charge is -2.26. The number of carbonyl (C=O) groups is 2. The van der Waals surface area contributed by atoms with Gasteiger partial charge < -0.3 is 25.0 Å². The number of carbonyl (C=O) groups excluding carboxylic acids is 2. The van der Waals surface area contributed by atoms with Gasteiger partial charge in [-0.3, -0.25) is 9.59 Å². The summed E-state index contributed by atoms with van der Waals surface area (Å²) >= 11 is 0. The first-order valence-corrected chi connectivity index (χ1v) is 8.28. The molecule has 0 saturated heterocycles. The van der Waals surface area contributed by atoms with E-state index in [9.17, 15) is 9.59 Å². The predicted octanol–water partition coefficient (Wildman–Crippen LogP) is 1.65. The number of benzene rings is 2. The summed E-state index contributed by atoms with van der Waals surface area (Å²) < 4.78 is 11.3. The Balaban J connectivity index is 1.51. The summed E-state index contributed by atoms with van der Waals surface area (Å²) in [6.45, 7) is 0.488. The molecule has 7 nitrogen and oxygen atoms in total. The Morgan fingerprint density at radius 2 is 1.85 bits per heavy atom. The molecule has 1 atom stereocenters. The average molecular weight is 355 g/mol. The minimum Gasteiger partial charge on any atom is -0.486 e. The van der Waals surface area contributed by atoms with Gasteiger partial charge in [0.05, 0.1) is 6.54 Å². The van der Waals surface area contributed by atoms with E-state index in [1.165, 1.54) is 0 Å². The van der Waals surface area contributed by atoms with Crippen LogP contribution in [0.5, 0.6) is 11.5 Å². The lowest BCUT2D eigenvalue weighted by Crippen LogP contribution is -2.44. The standard InChI is InChI=1S/C19H21N3O4/c1-22(2)14-7-5-6-13(10-14)21-19(24)18(23)20-11-15-12-25-16-8-3-4-9-17(16)26-15/h3-10,15H,11-12H2,1-2H3,(H,20,23)(H,21,24). The molecule has 2 amide bonds. The van der Waals surface area contributed by atoms with E-state index in [-0.39, 0.29) is 12.6 Å². The highest BCUT2D eigenvalue weighted by Gasteiger charge is 2.22. The first-order valence-electron chi connectivity index (χ1n) is 8.28. The van der Waals surface area contributed by atoms with E-state index in [0.717, 1.165) is 5.69 Å². The van der Waals surface area contributed by atoms with Gasteiger partial charge in [0.2, 0.25) is 0 Å². The molecule has 0 aliphatic carbocycles. The Morgan fingerprint density at radius 1 is 1.08 bits per heavy atom. The fourth-order valence-electron chi connectivity index (χ4n) is 2.50. The fraction of sp³-hybridized carbons (Fsp3) is 0.263. The van der Waals surface area contributed by atoms with Crippen LogP contribution in [0, 0.1) is 0 Å². The number of nitrogens with zero attached hydrogens (tertiary/aromatic N) is 1. The Morgan fingerprint density at radius 3 is 2.62 bits per heavy atom. The molecule has 0 aromatic heterocycles. The van der Waals surface area contributed by atoms with Crippen molar-refractivity contribution in [3.8, 4) is 11.5 Å². The van der Waals surface area contributed by atoms with Crippen LogP contribution in [0.1, 0.15) is 0 Å². The van der Waals surface area contributed by atoms with Crippen molar-refractivity contribution in [2.24, 2.45) is 0 Å². The third kappa shape index (κ3) is 4.24. The van der Waals surface area contributed by atoms with E-state index in [1.807, 2.05) is 49.3 Å². The number of hydrogen-bond acceptors (Lipinski definition) is 5. The number of para-hydroxylation sites is 2. The Bertz CT molecular complexity index is 807. The van der Waals surface area contributed by atoms with Crippen LogP contribution in [0.3, 0.4) is 0 Å². The Labute approximate surface area is 151 Å². The maximum absolute atomic E-state index is 12.1.